The van der Waals surface area contributed by atoms with Crippen molar-refractivity contribution in [3.05, 3.63) is 53.6 Å². The zero-order valence-electron chi connectivity index (χ0n) is 14.4. The van der Waals surface area contributed by atoms with Gasteiger partial charge in [0.05, 0.1) is 11.1 Å². The van der Waals surface area contributed by atoms with Crippen molar-refractivity contribution in [2.45, 2.75) is 6.18 Å². The fourth-order valence-electron chi connectivity index (χ4n) is 3.16. The van der Waals surface area contributed by atoms with Crippen LogP contribution in [0.4, 0.5) is 13.2 Å². The first-order valence-electron chi connectivity index (χ1n) is 8.05. The highest BCUT2D eigenvalue weighted by atomic mass is 19.4. The van der Waals surface area contributed by atoms with Crippen molar-refractivity contribution in [3.63, 3.8) is 0 Å². The van der Waals surface area contributed by atoms with E-state index < -0.39 is 11.7 Å². The highest BCUT2D eigenvalue weighted by Crippen LogP contribution is 2.33. The molecule has 2 aromatic heterocycles. The number of hydrogen-bond donors (Lipinski definition) is 1. The van der Waals surface area contributed by atoms with Gasteiger partial charge in [-0.3, -0.25) is 9.36 Å². The molecule has 4 aromatic rings. The molecule has 0 saturated heterocycles. The van der Waals surface area contributed by atoms with E-state index in [4.69, 9.17) is 0 Å². The summed E-state index contributed by atoms with van der Waals surface area (Å²) in [5.74, 6) is -0.240. The Balaban J connectivity index is 1.98. The van der Waals surface area contributed by atoms with Crippen molar-refractivity contribution in [1.82, 2.24) is 24.9 Å². The summed E-state index contributed by atoms with van der Waals surface area (Å²) in [4.78, 5) is 11.9. The second kappa shape index (κ2) is 5.83. The molecular weight excluding hydrogens is 359 g/mol. The van der Waals surface area contributed by atoms with Gasteiger partial charge in [0.1, 0.15) is 5.52 Å². The van der Waals surface area contributed by atoms with Gasteiger partial charge in [-0.25, -0.2) is 4.68 Å². The number of halogens is 3. The molecule has 6 nitrogen and oxygen atoms in total. The molecule has 0 aliphatic carbocycles. The first kappa shape index (κ1) is 17.1. The van der Waals surface area contributed by atoms with Gasteiger partial charge < -0.3 is 5.32 Å². The Kier molecular flexibility index (Phi) is 3.69. The molecule has 0 fully saturated rings. The number of carbonyl (C=O) groups excluding carboxylic acids is 1. The molecular formula is C18H14F3N5O. The van der Waals surface area contributed by atoms with E-state index >= 15 is 0 Å². The smallest absolute Gasteiger partial charge is 0.355 e. The first-order chi connectivity index (χ1) is 12.8. The lowest BCUT2D eigenvalue weighted by atomic mass is 10.1. The molecule has 0 aliphatic heterocycles. The molecule has 1 N–H and O–H groups in total. The van der Waals surface area contributed by atoms with Gasteiger partial charge in [-0.15, -0.1) is 5.10 Å². The van der Waals surface area contributed by atoms with E-state index in [-0.39, 0.29) is 5.91 Å². The van der Waals surface area contributed by atoms with Crippen LogP contribution in [0.3, 0.4) is 0 Å². The van der Waals surface area contributed by atoms with E-state index in [1.807, 2.05) is 0 Å². The third kappa shape index (κ3) is 2.62. The van der Waals surface area contributed by atoms with Crippen LogP contribution < -0.4 is 5.32 Å². The van der Waals surface area contributed by atoms with Gasteiger partial charge in [0.25, 0.3) is 5.91 Å². The highest BCUT2D eigenvalue weighted by molar-refractivity contribution is 6.08. The molecule has 0 saturated carbocycles. The standard InChI is InChI=1S/C18H14F3N5O/c1-22-16(27)10-3-8-14-13(9-10)15-17(25(2)24-23-15)26(14)12-6-4-11(5-7-12)18(19,20)21/h3-9H,1-2H3,(H,22,27). The van der Waals surface area contributed by atoms with Crippen LogP contribution in [0.25, 0.3) is 27.8 Å². The summed E-state index contributed by atoms with van der Waals surface area (Å²) in [6, 6.07) is 9.99. The molecule has 1 amide bonds. The van der Waals surface area contributed by atoms with Crippen LogP contribution in [0.15, 0.2) is 42.5 Å². The van der Waals surface area contributed by atoms with Crippen LogP contribution >= 0.6 is 0 Å². The van der Waals surface area contributed by atoms with Gasteiger partial charge in [0.2, 0.25) is 0 Å². The maximum absolute atomic E-state index is 12.9. The Hall–Kier alpha value is -3.36. The summed E-state index contributed by atoms with van der Waals surface area (Å²) in [5.41, 5.74) is 2.20. The number of carbonyl (C=O) groups is 1. The molecule has 0 unspecified atom stereocenters. The maximum Gasteiger partial charge on any atom is 0.416 e. The minimum Gasteiger partial charge on any atom is -0.355 e. The van der Waals surface area contributed by atoms with Gasteiger partial charge in [0.15, 0.2) is 5.65 Å². The van der Waals surface area contributed by atoms with Gasteiger partial charge in [-0.1, -0.05) is 5.21 Å². The average molecular weight is 373 g/mol. The molecule has 0 spiro atoms. The number of alkyl halides is 3. The number of nitrogens with zero attached hydrogens (tertiary/aromatic N) is 4. The molecule has 138 valence electrons. The van der Waals surface area contributed by atoms with Crippen LogP contribution in [0.1, 0.15) is 15.9 Å². The number of amides is 1. The summed E-state index contributed by atoms with van der Waals surface area (Å²) in [6.45, 7) is 0. The molecule has 9 heteroatoms. The number of fused-ring (bicyclic) bond motifs is 3. The topological polar surface area (TPSA) is 64.7 Å². The summed E-state index contributed by atoms with van der Waals surface area (Å²) in [6.07, 6.45) is -4.40. The molecule has 27 heavy (non-hydrogen) atoms. The molecule has 0 atom stereocenters. The Labute approximate surface area is 151 Å². The van der Waals surface area contributed by atoms with Crippen LogP contribution in [0, 0.1) is 0 Å². The Bertz CT molecular complexity index is 1170. The lowest BCUT2D eigenvalue weighted by Gasteiger charge is -2.11. The van der Waals surface area contributed by atoms with Gasteiger partial charge in [-0.2, -0.15) is 13.2 Å². The second-order valence-corrected chi connectivity index (χ2v) is 6.08. The van der Waals surface area contributed by atoms with Crippen molar-refractivity contribution >= 4 is 28.0 Å². The number of hydrogen-bond acceptors (Lipinski definition) is 3. The van der Waals surface area contributed by atoms with Gasteiger partial charge in [-0.05, 0) is 42.5 Å². The normalized spacial score (nSPS) is 12.0. The van der Waals surface area contributed by atoms with Crippen LogP contribution in [0.2, 0.25) is 0 Å². The zero-order chi connectivity index (χ0) is 19.3. The van der Waals surface area contributed by atoms with E-state index in [9.17, 15) is 18.0 Å². The fourth-order valence-corrected chi connectivity index (χ4v) is 3.16. The average Bonchev–Trinajstić information content (AvgIpc) is 3.18. The van der Waals surface area contributed by atoms with Crippen molar-refractivity contribution in [2.75, 3.05) is 7.05 Å². The third-order valence-electron chi connectivity index (χ3n) is 4.44. The summed E-state index contributed by atoms with van der Waals surface area (Å²) in [7, 11) is 3.24. The van der Waals surface area contributed by atoms with Crippen LogP contribution in [-0.2, 0) is 13.2 Å². The number of aryl methyl sites for hydroxylation is 1. The largest absolute Gasteiger partial charge is 0.416 e. The Morgan fingerprint density at radius 2 is 1.81 bits per heavy atom. The number of rotatable bonds is 2. The number of benzene rings is 2. The lowest BCUT2D eigenvalue weighted by molar-refractivity contribution is -0.137. The van der Waals surface area contributed by atoms with Gasteiger partial charge >= 0.3 is 6.18 Å². The third-order valence-corrected chi connectivity index (χ3v) is 4.44. The van der Waals surface area contributed by atoms with E-state index in [0.717, 1.165) is 17.6 Å². The Morgan fingerprint density at radius 3 is 2.44 bits per heavy atom. The minimum absolute atomic E-state index is 0.240. The van der Waals surface area contributed by atoms with Gasteiger partial charge in [0, 0.05) is 30.7 Å². The van der Waals surface area contributed by atoms with Crippen molar-refractivity contribution in [2.24, 2.45) is 7.05 Å². The van der Waals surface area contributed by atoms with Crippen molar-refractivity contribution in [3.8, 4) is 5.69 Å². The van der Waals surface area contributed by atoms with E-state index in [1.54, 1.807) is 34.5 Å². The van der Waals surface area contributed by atoms with Crippen LogP contribution in [0.5, 0.6) is 0 Å². The number of nitrogens with one attached hydrogen (secondary N) is 1. The SMILES string of the molecule is CNC(=O)c1ccc2c(c1)c1nnn(C)c1n2-c1ccc(C(F)(F)F)cc1. The van der Waals surface area contributed by atoms with E-state index in [1.165, 1.54) is 19.2 Å². The van der Waals surface area contributed by atoms with Crippen LogP contribution in [-0.4, -0.2) is 32.5 Å². The molecule has 0 bridgehead atoms. The molecule has 2 aromatic carbocycles. The molecule has 0 radical (unpaired) electrons. The molecule has 0 aliphatic rings. The molecule has 2 heterocycles. The minimum atomic E-state index is -4.40. The summed E-state index contributed by atoms with van der Waals surface area (Å²) >= 11 is 0. The predicted octanol–water partition coefficient (Wildman–Crippen LogP) is 3.29. The Morgan fingerprint density at radius 1 is 1.11 bits per heavy atom. The summed E-state index contributed by atoms with van der Waals surface area (Å²) < 4.78 is 41.9. The van der Waals surface area contributed by atoms with E-state index in [2.05, 4.69) is 15.6 Å². The predicted molar refractivity (Wildman–Crippen MR) is 93.7 cm³/mol. The highest BCUT2D eigenvalue weighted by Gasteiger charge is 2.30. The number of aromatic nitrogens is 4. The van der Waals surface area contributed by atoms with Crippen molar-refractivity contribution in [1.29, 1.82) is 0 Å². The summed E-state index contributed by atoms with van der Waals surface area (Å²) in [5, 5.41) is 11.4. The fraction of sp³-hybridized carbons (Fsp3) is 0.167. The van der Waals surface area contributed by atoms with E-state index in [0.29, 0.717) is 27.8 Å². The maximum atomic E-state index is 12.9. The quantitative estimate of drug-likeness (QED) is 0.586. The monoisotopic (exact) mass is 373 g/mol. The first-order valence-corrected chi connectivity index (χ1v) is 8.05. The van der Waals surface area contributed by atoms with Crippen molar-refractivity contribution < 1.29 is 18.0 Å². The molecule has 4 rings (SSSR count). The zero-order valence-corrected chi connectivity index (χ0v) is 14.4. The lowest BCUT2D eigenvalue weighted by Crippen LogP contribution is -2.17. The second-order valence-electron chi connectivity index (χ2n) is 6.08.